The standard InChI is InChI=1S/C28H26F2N2/c1-27(2,3)21-19-17-13-9-7-11-15(17)16-12-8-10-14-18(16)20(19)22(28(4,5)6)24-23(21)31-25(29)26(30)32-24/h7-14H,1-6H3. The Morgan fingerprint density at radius 3 is 1.16 bits per heavy atom. The van der Waals surface area contributed by atoms with Crippen molar-refractivity contribution in [2.45, 2.75) is 52.4 Å². The maximum absolute atomic E-state index is 14.5. The predicted octanol–water partition coefficient (Wildman–Crippen LogP) is 7.96. The van der Waals surface area contributed by atoms with Crippen LogP contribution < -0.4 is 0 Å². The van der Waals surface area contributed by atoms with Crippen molar-refractivity contribution < 1.29 is 8.78 Å². The molecule has 0 spiro atoms. The number of hydrogen-bond donors (Lipinski definition) is 0. The summed E-state index contributed by atoms with van der Waals surface area (Å²) in [6.07, 6.45) is 0. The van der Waals surface area contributed by atoms with Gasteiger partial charge in [0, 0.05) is 0 Å². The Balaban J connectivity index is 2.30. The van der Waals surface area contributed by atoms with Gasteiger partial charge in [0.05, 0.1) is 11.0 Å². The van der Waals surface area contributed by atoms with Crippen LogP contribution in [0, 0.1) is 11.9 Å². The van der Waals surface area contributed by atoms with Gasteiger partial charge in [0.2, 0.25) is 0 Å². The second-order valence-electron chi connectivity index (χ2n) is 10.6. The Morgan fingerprint density at radius 1 is 0.531 bits per heavy atom. The zero-order valence-corrected chi connectivity index (χ0v) is 19.3. The molecule has 2 nitrogen and oxygen atoms in total. The number of fused-ring (bicyclic) bond motifs is 7. The summed E-state index contributed by atoms with van der Waals surface area (Å²) in [6.45, 7) is 12.5. The van der Waals surface area contributed by atoms with Gasteiger partial charge in [0.15, 0.2) is 0 Å². The zero-order chi connectivity index (χ0) is 23.0. The first-order valence-electron chi connectivity index (χ1n) is 10.9. The molecule has 0 aliphatic heterocycles. The molecule has 0 N–H and O–H groups in total. The molecular formula is C28H26F2N2. The van der Waals surface area contributed by atoms with Gasteiger partial charge in [-0.25, -0.2) is 9.97 Å². The Labute approximate surface area is 186 Å². The van der Waals surface area contributed by atoms with E-state index in [-0.39, 0.29) is 10.8 Å². The van der Waals surface area contributed by atoms with Crippen LogP contribution in [0.4, 0.5) is 8.78 Å². The Hall–Kier alpha value is -3.14. The van der Waals surface area contributed by atoms with Crippen molar-refractivity contribution in [2.24, 2.45) is 0 Å². The van der Waals surface area contributed by atoms with E-state index >= 15 is 0 Å². The number of aromatic nitrogens is 2. The van der Waals surface area contributed by atoms with Crippen LogP contribution >= 0.6 is 0 Å². The average molecular weight is 429 g/mol. The van der Waals surface area contributed by atoms with Crippen molar-refractivity contribution in [3.63, 3.8) is 0 Å². The lowest BCUT2D eigenvalue weighted by Crippen LogP contribution is -2.20. The third-order valence-corrected chi connectivity index (χ3v) is 6.22. The van der Waals surface area contributed by atoms with E-state index in [1.54, 1.807) is 0 Å². The quantitative estimate of drug-likeness (QED) is 0.185. The minimum Gasteiger partial charge on any atom is -0.214 e. The number of halogens is 2. The van der Waals surface area contributed by atoms with Crippen LogP contribution in [0.3, 0.4) is 0 Å². The molecule has 0 amide bonds. The lowest BCUT2D eigenvalue weighted by molar-refractivity contribution is 0.457. The van der Waals surface area contributed by atoms with E-state index in [9.17, 15) is 8.78 Å². The van der Waals surface area contributed by atoms with Crippen LogP contribution in [0.1, 0.15) is 52.7 Å². The van der Waals surface area contributed by atoms with Crippen LogP contribution in [0.15, 0.2) is 48.5 Å². The molecule has 162 valence electrons. The van der Waals surface area contributed by atoms with E-state index in [0.29, 0.717) is 11.0 Å². The highest BCUT2D eigenvalue weighted by molar-refractivity contribution is 6.29. The van der Waals surface area contributed by atoms with Gasteiger partial charge in [-0.2, -0.15) is 8.78 Å². The smallest absolute Gasteiger partial charge is 0.214 e. The maximum Gasteiger partial charge on any atom is 0.269 e. The normalized spacial score (nSPS) is 13.0. The largest absolute Gasteiger partial charge is 0.269 e. The molecule has 0 aliphatic carbocycles. The highest BCUT2D eigenvalue weighted by Crippen LogP contribution is 2.48. The van der Waals surface area contributed by atoms with Crippen LogP contribution in [0.2, 0.25) is 0 Å². The molecule has 0 aliphatic rings. The molecule has 5 rings (SSSR count). The van der Waals surface area contributed by atoms with Crippen molar-refractivity contribution in [3.8, 4) is 0 Å². The number of hydrogen-bond acceptors (Lipinski definition) is 2. The fourth-order valence-corrected chi connectivity index (χ4v) is 5.10. The van der Waals surface area contributed by atoms with Crippen LogP contribution in [-0.2, 0) is 10.8 Å². The first-order valence-corrected chi connectivity index (χ1v) is 10.9. The van der Waals surface area contributed by atoms with Gasteiger partial charge in [-0.1, -0.05) is 90.1 Å². The monoisotopic (exact) mass is 428 g/mol. The fourth-order valence-electron chi connectivity index (χ4n) is 5.10. The van der Waals surface area contributed by atoms with E-state index in [1.807, 2.05) is 24.3 Å². The molecule has 0 bridgehead atoms. The van der Waals surface area contributed by atoms with E-state index in [4.69, 9.17) is 0 Å². The highest BCUT2D eigenvalue weighted by Gasteiger charge is 2.32. The van der Waals surface area contributed by atoms with Crippen molar-refractivity contribution in [2.75, 3.05) is 0 Å². The van der Waals surface area contributed by atoms with Gasteiger partial charge < -0.3 is 0 Å². The molecule has 1 aromatic heterocycles. The minimum atomic E-state index is -1.16. The van der Waals surface area contributed by atoms with Gasteiger partial charge in [-0.3, -0.25) is 0 Å². The number of rotatable bonds is 0. The van der Waals surface area contributed by atoms with Crippen LogP contribution in [-0.4, -0.2) is 9.97 Å². The summed E-state index contributed by atoms with van der Waals surface area (Å²) in [5.74, 6) is -2.32. The molecule has 4 aromatic carbocycles. The zero-order valence-electron chi connectivity index (χ0n) is 19.3. The summed E-state index contributed by atoms with van der Waals surface area (Å²) in [4.78, 5) is 8.30. The van der Waals surface area contributed by atoms with E-state index < -0.39 is 11.9 Å². The number of nitrogens with zero attached hydrogens (tertiary/aromatic N) is 2. The van der Waals surface area contributed by atoms with Gasteiger partial charge >= 0.3 is 0 Å². The van der Waals surface area contributed by atoms with Crippen molar-refractivity contribution in [1.29, 1.82) is 0 Å². The van der Waals surface area contributed by atoms with Crippen molar-refractivity contribution >= 4 is 43.4 Å². The van der Waals surface area contributed by atoms with E-state index in [2.05, 4.69) is 75.8 Å². The van der Waals surface area contributed by atoms with Crippen LogP contribution in [0.25, 0.3) is 43.4 Å². The number of benzene rings is 4. The maximum atomic E-state index is 14.5. The molecule has 0 atom stereocenters. The van der Waals surface area contributed by atoms with Crippen LogP contribution in [0.5, 0.6) is 0 Å². The Bertz CT molecular complexity index is 1440. The summed E-state index contributed by atoms with van der Waals surface area (Å²) in [6, 6.07) is 16.6. The molecule has 0 fully saturated rings. The summed E-state index contributed by atoms with van der Waals surface area (Å²) >= 11 is 0. The molecule has 4 heteroatoms. The lowest BCUT2D eigenvalue weighted by atomic mass is 9.74. The second kappa shape index (κ2) is 6.68. The third kappa shape index (κ3) is 2.89. The first-order chi connectivity index (χ1) is 15.0. The van der Waals surface area contributed by atoms with E-state index in [0.717, 1.165) is 43.4 Å². The SMILES string of the molecule is CC(C)(C)c1c2nc(F)c(F)nc2c(C(C)(C)C)c2c3ccccc3c3ccccc3c12. The molecule has 32 heavy (non-hydrogen) atoms. The van der Waals surface area contributed by atoms with Gasteiger partial charge in [-0.05, 0) is 54.3 Å². The van der Waals surface area contributed by atoms with Gasteiger partial charge in [0.25, 0.3) is 11.9 Å². The minimum absolute atomic E-state index is 0.378. The average Bonchev–Trinajstić information content (AvgIpc) is 2.71. The molecule has 5 aromatic rings. The second-order valence-corrected chi connectivity index (χ2v) is 10.6. The molecular weight excluding hydrogens is 402 g/mol. The summed E-state index contributed by atoms with van der Waals surface area (Å²) < 4.78 is 28.9. The fraction of sp³-hybridized carbons (Fsp3) is 0.286. The van der Waals surface area contributed by atoms with Gasteiger partial charge in [0.1, 0.15) is 0 Å². The topological polar surface area (TPSA) is 25.8 Å². The van der Waals surface area contributed by atoms with Crippen molar-refractivity contribution in [1.82, 2.24) is 9.97 Å². The summed E-state index contributed by atoms with van der Waals surface area (Å²) in [5.41, 5.74) is 1.91. The predicted molar refractivity (Wildman–Crippen MR) is 129 cm³/mol. The van der Waals surface area contributed by atoms with E-state index in [1.165, 1.54) is 0 Å². The lowest BCUT2D eigenvalue weighted by Gasteiger charge is -2.30. The summed E-state index contributed by atoms with van der Waals surface area (Å²) in [7, 11) is 0. The Morgan fingerprint density at radius 2 is 0.844 bits per heavy atom. The first kappa shape index (κ1) is 20.7. The Kier molecular flexibility index (Phi) is 4.33. The molecule has 0 radical (unpaired) electrons. The summed E-state index contributed by atoms with van der Waals surface area (Å²) in [5, 5.41) is 6.54. The van der Waals surface area contributed by atoms with Gasteiger partial charge in [-0.15, -0.1) is 0 Å². The molecule has 0 saturated heterocycles. The molecule has 1 heterocycles. The van der Waals surface area contributed by atoms with Crippen molar-refractivity contribution in [3.05, 3.63) is 71.6 Å². The third-order valence-electron chi connectivity index (χ3n) is 6.22. The molecule has 0 saturated carbocycles. The molecule has 0 unspecified atom stereocenters. The highest BCUT2D eigenvalue weighted by atomic mass is 19.2.